The quantitative estimate of drug-likeness (QED) is 0.456. The molecule has 1 aliphatic heterocycles. The molecule has 1 saturated heterocycles. The van der Waals surface area contributed by atoms with Gasteiger partial charge in [0.25, 0.3) is 0 Å². The normalized spacial score (nSPS) is 19.6. The van der Waals surface area contributed by atoms with E-state index in [2.05, 4.69) is 15.5 Å². The zero-order valence-electron chi connectivity index (χ0n) is 17.7. The van der Waals surface area contributed by atoms with E-state index < -0.39 is 6.10 Å². The molecule has 1 heterocycles. The van der Waals surface area contributed by atoms with Crippen LogP contribution >= 0.6 is 0 Å². The predicted octanol–water partition coefficient (Wildman–Crippen LogP) is 2.77. The molecule has 31 heavy (non-hydrogen) atoms. The number of likely N-dealkylation sites (tertiary alicyclic amines) is 1. The maximum Gasteiger partial charge on any atom is 0.238 e. The highest BCUT2D eigenvalue weighted by atomic mass is 16.3. The Balaban J connectivity index is 1.27. The van der Waals surface area contributed by atoms with Crippen molar-refractivity contribution in [2.24, 2.45) is 0 Å². The Hall–Kier alpha value is -2.61. The minimum absolute atomic E-state index is 0.0361. The number of carbonyl (C=O) groups is 1. The van der Waals surface area contributed by atoms with Crippen molar-refractivity contribution in [3.63, 3.8) is 0 Å². The number of fused-ring (bicyclic) bond motifs is 1. The van der Waals surface area contributed by atoms with Gasteiger partial charge in [-0.05, 0) is 61.4 Å². The lowest BCUT2D eigenvalue weighted by atomic mass is 9.89. The molecule has 1 fully saturated rings. The molecule has 1 unspecified atom stereocenters. The molecule has 1 aliphatic carbocycles. The Morgan fingerprint density at radius 1 is 1.13 bits per heavy atom. The first kappa shape index (κ1) is 21.6. The summed E-state index contributed by atoms with van der Waals surface area (Å²) in [7, 11) is 0. The van der Waals surface area contributed by atoms with Gasteiger partial charge in [-0.25, -0.2) is 0 Å². The Labute approximate surface area is 182 Å². The van der Waals surface area contributed by atoms with Gasteiger partial charge in [0.15, 0.2) is 0 Å². The number of aromatic hydroxyl groups is 1. The van der Waals surface area contributed by atoms with Crippen LogP contribution < -0.4 is 10.6 Å². The van der Waals surface area contributed by atoms with E-state index in [1.165, 1.54) is 0 Å². The summed E-state index contributed by atoms with van der Waals surface area (Å²) in [6.45, 7) is 1.77. The number of nitrogens with one attached hydrogen (secondary N) is 2. The van der Waals surface area contributed by atoms with Crippen LogP contribution in [0.2, 0.25) is 0 Å². The minimum Gasteiger partial charge on any atom is -0.506 e. The number of phenols is 1. The van der Waals surface area contributed by atoms with Crippen LogP contribution in [0.15, 0.2) is 36.4 Å². The van der Waals surface area contributed by atoms with Gasteiger partial charge in [0.1, 0.15) is 5.75 Å². The number of piperidine rings is 1. The van der Waals surface area contributed by atoms with Crippen molar-refractivity contribution in [2.75, 3.05) is 30.3 Å². The van der Waals surface area contributed by atoms with Gasteiger partial charge in [-0.2, -0.15) is 0 Å². The number of hydrogen-bond acceptors (Lipinski definition) is 6. The molecule has 2 aromatic rings. The topological polar surface area (TPSA) is 105 Å². The fraction of sp³-hybridized carbons (Fsp3) is 0.458. The van der Waals surface area contributed by atoms with E-state index in [0.29, 0.717) is 17.8 Å². The number of aliphatic hydroxyl groups is 2. The van der Waals surface area contributed by atoms with Gasteiger partial charge in [-0.15, -0.1) is 0 Å². The summed E-state index contributed by atoms with van der Waals surface area (Å²) in [5.41, 5.74) is 4.16. The van der Waals surface area contributed by atoms with E-state index in [4.69, 9.17) is 0 Å². The average Bonchev–Trinajstić information content (AvgIpc) is 2.76. The van der Waals surface area contributed by atoms with Crippen molar-refractivity contribution in [3.05, 3.63) is 53.1 Å². The Morgan fingerprint density at radius 2 is 1.94 bits per heavy atom. The van der Waals surface area contributed by atoms with Crippen molar-refractivity contribution < 1.29 is 20.1 Å². The molecule has 4 rings (SSSR count). The predicted molar refractivity (Wildman–Crippen MR) is 120 cm³/mol. The zero-order valence-corrected chi connectivity index (χ0v) is 17.7. The lowest BCUT2D eigenvalue weighted by Crippen LogP contribution is -2.42. The van der Waals surface area contributed by atoms with Crippen LogP contribution in [-0.4, -0.2) is 51.8 Å². The lowest BCUT2D eigenvalue weighted by molar-refractivity contribution is -0.117. The van der Waals surface area contributed by atoms with Crippen LogP contribution in [0.25, 0.3) is 0 Å². The molecular formula is C24H31N3O4. The fourth-order valence-electron chi connectivity index (χ4n) is 4.59. The maximum atomic E-state index is 12.5. The van der Waals surface area contributed by atoms with Crippen molar-refractivity contribution in [1.82, 2.24) is 4.90 Å². The van der Waals surface area contributed by atoms with Crippen LogP contribution in [0, 0.1) is 0 Å². The van der Waals surface area contributed by atoms with Crippen LogP contribution in [0.3, 0.4) is 0 Å². The fourth-order valence-corrected chi connectivity index (χ4v) is 4.59. The SMILES string of the molecule is O=C(CN1CCC(Nc2c(O)cccc2CO)CC1)Nc1ccc2c(c1)CCCC2O. The summed E-state index contributed by atoms with van der Waals surface area (Å²) < 4.78 is 0. The highest BCUT2D eigenvalue weighted by Gasteiger charge is 2.23. The second kappa shape index (κ2) is 9.68. The van der Waals surface area contributed by atoms with Gasteiger partial charge in [0.2, 0.25) is 5.91 Å². The first-order valence-electron chi connectivity index (χ1n) is 11.0. The zero-order chi connectivity index (χ0) is 21.8. The molecule has 1 atom stereocenters. The van der Waals surface area contributed by atoms with Crippen molar-refractivity contribution in [2.45, 2.75) is 50.9 Å². The summed E-state index contributed by atoms with van der Waals surface area (Å²) >= 11 is 0. The molecule has 1 amide bonds. The Morgan fingerprint density at radius 3 is 2.71 bits per heavy atom. The number of para-hydroxylation sites is 1. The lowest BCUT2D eigenvalue weighted by Gasteiger charge is -2.33. The Kier molecular flexibility index (Phi) is 6.75. The summed E-state index contributed by atoms with van der Waals surface area (Å²) in [5.74, 6) is 0.108. The summed E-state index contributed by atoms with van der Waals surface area (Å²) in [5, 5.41) is 36.0. The number of nitrogens with zero attached hydrogens (tertiary/aromatic N) is 1. The van der Waals surface area contributed by atoms with Gasteiger partial charge < -0.3 is 26.0 Å². The largest absolute Gasteiger partial charge is 0.506 e. The Bertz CT molecular complexity index is 925. The highest BCUT2D eigenvalue weighted by molar-refractivity contribution is 5.92. The molecular weight excluding hydrogens is 394 g/mol. The second-order valence-electron chi connectivity index (χ2n) is 8.53. The first-order valence-corrected chi connectivity index (χ1v) is 11.0. The maximum absolute atomic E-state index is 12.5. The minimum atomic E-state index is -0.394. The average molecular weight is 426 g/mol. The van der Waals surface area contributed by atoms with Crippen LogP contribution in [-0.2, 0) is 17.8 Å². The number of amides is 1. The van der Waals surface area contributed by atoms with Crippen molar-refractivity contribution in [3.8, 4) is 5.75 Å². The third kappa shape index (κ3) is 5.18. The van der Waals surface area contributed by atoms with Gasteiger partial charge in [-0.3, -0.25) is 9.69 Å². The van der Waals surface area contributed by atoms with Gasteiger partial charge in [-0.1, -0.05) is 18.2 Å². The van der Waals surface area contributed by atoms with E-state index in [0.717, 1.165) is 62.0 Å². The number of anilines is 2. The number of aliphatic hydroxyl groups excluding tert-OH is 2. The molecule has 166 valence electrons. The molecule has 2 aliphatic rings. The third-order valence-electron chi connectivity index (χ3n) is 6.31. The summed E-state index contributed by atoms with van der Waals surface area (Å²) in [6.07, 6.45) is 4.01. The number of aryl methyl sites for hydroxylation is 1. The molecule has 7 nitrogen and oxygen atoms in total. The molecule has 7 heteroatoms. The smallest absolute Gasteiger partial charge is 0.238 e. The number of rotatable bonds is 6. The van der Waals surface area contributed by atoms with E-state index in [1.807, 2.05) is 18.2 Å². The van der Waals surface area contributed by atoms with Crippen molar-refractivity contribution >= 4 is 17.3 Å². The first-order chi connectivity index (χ1) is 15.0. The summed E-state index contributed by atoms with van der Waals surface area (Å²) in [4.78, 5) is 14.7. The van der Waals surface area contributed by atoms with Gasteiger partial charge >= 0.3 is 0 Å². The van der Waals surface area contributed by atoms with Crippen LogP contribution in [0.1, 0.15) is 48.5 Å². The highest BCUT2D eigenvalue weighted by Crippen LogP contribution is 2.32. The van der Waals surface area contributed by atoms with E-state index in [9.17, 15) is 20.1 Å². The standard InChI is InChI=1S/C24H31N3O4/c28-15-17-4-2-6-22(30)24(17)26-18-9-11-27(12-10-18)14-23(31)25-19-7-8-20-16(13-19)3-1-5-21(20)29/h2,4,6-8,13,18,21,26,28-30H,1,3,5,9-12,14-15H2,(H,25,31). The van der Waals surface area contributed by atoms with Crippen molar-refractivity contribution in [1.29, 1.82) is 0 Å². The monoisotopic (exact) mass is 425 g/mol. The number of benzene rings is 2. The van der Waals surface area contributed by atoms with Crippen LogP contribution in [0.4, 0.5) is 11.4 Å². The van der Waals surface area contributed by atoms with E-state index in [1.54, 1.807) is 18.2 Å². The molecule has 0 aromatic heterocycles. The number of phenolic OH excluding ortho intramolecular Hbond substituents is 1. The van der Waals surface area contributed by atoms with Gasteiger partial charge in [0, 0.05) is 30.4 Å². The molecule has 0 saturated carbocycles. The van der Waals surface area contributed by atoms with Crippen LogP contribution in [0.5, 0.6) is 5.75 Å². The summed E-state index contributed by atoms with van der Waals surface area (Å²) in [6, 6.07) is 11.1. The second-order valence-corrected chi connectivity index (χ2v) is 8.53. The van der Waals surface area contributed by atoms with Gasteiger partial charge in [0.05, 0.1) is 24.9 Å². The number of hydrogen-bond donors (Lipinski definition) is 5. The molecule has 2 aromatic carbocycles. The molecule has 0 radical (unpaired) electrons. The number of carbonyl (C=O) groups excluding carboxylic acids is 1. The van der Waals surface area contributed by atoms with E-state index in [-0.39, 0.29) is 24.3 Å². The molecule has 0 bridgehead atoms. The van der Waals surface area contributed by atoms with E-state index >= 15 is 0 Å². The molecule has 0 spiro atoms. The third-order valence-corrected chi connectivity index (χ3v) is 6.31. The molecule has 5 N–H and O–H groups in total.